The second-order valence-corrected chi connectivity index (χ2v) is 3.74. The van der Waals surface area contributed by atoms with Gasteiger partial charge in [-0.15, -0.1) is 0 Å². The minimum absolute atomic E-state index is 0.609. The van der Waals surface area contributed by atoms with Crippen LogP contribution in [-0.4, -0.2) is 30.7 Å². The van der Waals surface area contributed by atoms with Crippen LogP contribution in [0.2, 0.25) is 0 Å². The SMILES string of the molecule is CCC1CCN(CC(F)(F)F)CC1. The lowest BCUT2D eigenvalue weighted by Gasteiger charge is -2.31. The Hall–Kier alpha value is -0.250. The number of likely N-dealkylation sites (tertiary alicyclic amines) is 1. The predicted octanol–water partition coefficient (Wildman–Crippen LogP) is 2.67. The molecule has 1 aliphatic rings. The highest BCUT2D eigenvalue weighted by molar-refractivity contribution is 4.73. The maximum Gasteiger partial charge on any atom is 0.401 e. The van der Waals surface area contributed by atoms with E-state index >= 15 is 0 Å². The third kappa shape index (κ3) is 3.98. The second kappa shape index (κ2) is 4.31. The van der Waals surface area contributed by atoms with E-state index in [9.17, 15) is 13.2 Å². The molecule has 0 saturated carbocycles. The molecule has 1 heterocycles. The van der Waals surface area contributed by atoms with E-state index in [0.29, 0.717) is 19.0 Å². The molecule has 78 valence electrons. The van der Waals surface area contributed by atoms with Gasteiger partial charge in [0.25, 0.3) is 0 Å². The van der Waals surface area contributed by atoms with E-state index < -0.39 is 12.7 Å². The van der Waals surface area contributed by atoms with Crippen LogP contribution in [0.4, 0.5) is 13.2 Å². The van der Waals surface area contributed by atoms with E-state index in [4.69, 9.17) is 0 Å². The zero-order valence-electron chi connectivity index (χ0n) is 7.90. The Kier molecular flexibility index (Phi) is 3.59. The van der Waals surface area contributed by atoms with Crippen molar-refractivity contribution in [1.29, 1.82) is 0 Å². The topological polar surface area (TPSA) is 3.24 Å². The number of rotatable bonds is 2. The van der Waals surface area contributed by atoms with Gasteiger partial charge in [0.15, 0.2) is 0 Å². The molecule has 0 amide bonds. The molecule has 0 unspecified atom stereocenters. The highest BCUT2D eigenvalue weighted by Crippen LogP contribution is 2.23. The molecule has 1 fully saturated rings. The van der Waals surface area contributed by atoms with Crippen LogP contribution in [0.15, 0.2) is 0 Å². The molecule has 0 bridgehead atoms. The van der Waals surface area contributed by atoms with Crippen LogP contribution in [0.3, 0.4) is 0 Å². The minimum Gasteiger partial charge on any atom is -0.295 e. The van der Waals surface area contributed by atoms with Gasteiger partial charge in [0, 0.05) is 0 Å². The summed E-state index contributed by atoms with van der Waals surface area (Å²) < 4.78 is 35.9. The maximum absolute atomic E-state index is 12.0. The van der Waals surface area contributed by atoms with E-state index in [1.807, 2.05) is 0 Å². The molecule has 1 aliphatic heterocycles. The van der Waals surface area contributed by atoms with Crippen molar-refractivity contribution in [2.24, 2.45) is 5.92 Å². The Balaban J connectivity index is 2.25. The quantitative estimate of drug-likeness (QED) is 0.654. The molecule has 1 saturated heterocycles. The second-order valence-electron chi connectivity index (χ2n) is 3.74. The molecule has 0 aliphatic carbocycles. The van der Waals surface area contributed by atoms with Crippen molar-refractivity contribution in [2.45, 2.75) is 32.4 Å². The molecule has 1 rings (SSSR count). The van der Waals surface area contributed by atoms with Crippen molar-refractivity contribution in [1.82, 2.24) is 4.90 Å². The summed E-state index contributed by atoms with van der Waals surface area (Å²) >= 11 is 0. The smallest absolute Gasteiger partial charge is 0.295 e. The van der Waals surface area contributed by atoms with Crippen molar-refractivity contribution in [3.05, 3.63) is 0 Å². The van der Waals surface area contributed by atoms with Crippen molar-refractivity contribution in [2.75, 3.05) is 19.6 Å². The van der Waals surface area contributed by atoms with Gasteiger partial charge < -0.3 is 0 Å². The molecular weight excluding hydrogens is 179 g/mol. The summed E-state index contributed by atoms with van der Waals surface area (Å²) in [5, 5.41) is 0. The Labute approximate surface area is 76.9 Å². The fourth-order valence-electron chi connectivity index (χ4n) is 1.81. The summed E-state index contributed by atoms with van der Waals surface area (Å²) in [5.74, 6) is 0.643. The Morgan fingerprint density at radius 2 is 1.77 bits per heavy atom. The lowest BCUT2D eigenvalue weighted by Crippen LogP contribution is -2.39. The largest absolute Gasteiger partial charge is 0.401 e. The minimum atomic E-state index is -4.03. The number of halogens is 3. The fourth-order valence-corrected chi connectivity index (χ4v) is 1.81. The maximum atomic E-state index is 12.0. The zero-order chi connectivity index (χ0) is 9.90. The lowest BCUT2D eigenvalue weighted by atomic mass is 9.94. The van der Waals surface area contributed by atoms with Crippen LogP contribution in [0.5, 0.6) is 0 Å². The molecule has 4 heteroatoms. The highest BCUT2D eigenvalue weighted by atomic mass is 19.4. The number of nitrogens with zero attached hydrogens (tertiary/aromatic N) is 1. The average Bonchev–Trinajstić information content (AvgIpc) is 2.03. The van der Waals surface area contributed by atoms with Crippen molar-refractivity contribution >= 4 is 0 Å². The molecule has 0 aromatic carbocycles. The van der Waals surface area contributed by atoms with E-state index in [2.05, 4.69) is 6.92 Å². The molecule has 0 spiro atoms. The van der Waals surface area contributed by atoms with E-state index in [0.717, 1.165) is 19.3 Å². The summed E-state index contributed by atoms with van der Waals surface area (Å²) in [4.78, 5) is 1.51. The molecule has 0 aromatic rings. The van der Waals surface area contributed by atoms with Gasteiger partial charge >= 0.3 is 6.18 Å². The van der Waals surface area contributed by atoms with Gasteiger partial charge in [-0.2, -0.15) is 13.2 Å². The number of hydrogen-bond donors (Lipinski definition) is 0. The first-order valence-corrected chi connectivity index (χ1v) is 4.80. The first kappa shape index (κ1) is 10.8. The zero-order valence-corrected chi connectivity index (χ0v) is 7.90. The van der Waals surface area contributed by atoms with Crippen LogP contribution >= 0.6 is 0 Å². The van der Waals surface area contributed by atoms with Crippen LogP contribution in [-0.2, 0) is 0 Å². The van der Waals surface area contributed by atoms with Gasteiger partial charge in [-0.1, -0.05) is 13.3 Å². The van der Waals surface area contributed by atoms with Crippen LogP contribution < -0.4 is 0 Å². The molecule has 0 atom stereocenters. The average molecular weight is 195 g/mol. The van der Waals surface area contributed by atoms with Gasteiger partial charge in [-0.05, 0) is 31.8 Å². The number of alkyl halides is 3. The fraction of sp³-hybridized carbons (Fsp3) is 1.00. The molecule has 0 N–H and O–H groups in total. The number of piperidine rings is 1. The summed E-state index contributed by atoms with van der Waals surface area (Å²) in [5.41, 5.74) is 0. The summed E-state index contributed by atoms with van der Waals surface area (Å²) in [6.07, 6.45) is -1.09. The molecular formula is C9H16F3N. The molecule has 13 heavy (non-hydrogen) atoms. The summed E-state index contributed by atoms with van der Waals surface area (Å²) in [7, 11) is 0. The van der Waals surface area contributed by atoms with Crippen molar-refractivity contribution < 1.29 is 13.2 Å². The van der Waals surface area contributed by atoms with E-state index in [1.54, 1.807) is 0 Å². The monoisotopic (exact) mass is 195 g/mol. The third-order valence-corrected chi connectivity index (χ3v) is 2.69. The van der Waals surface area contributed by atoms with Crippen molar-refractivity contribution in [3.8, 4) is 0 Å². The standard InChI is InChI=1S/C9H16F3N/c1-2-8-3-5-13(6-4-8)7-9(10,11)12/h8H,2-7H2,1H3. The van der Waals surface area contributed by atoms with Crippen LogP contribution in [0, 0.1) is 5.92 Å². The van der Waals surface area contributed by atoms with Gasteiger partial charge in [0.2, 0.25) is 0 Å². The molecule has 0 radical (unpaired) electrons. The van der Waals surface area contributed by atoms with Gasteiger partial charge in [-0.3, -0.25) is 4.90 Å². The predicted molar refractivity (Wildman–Crippen MR) is 45.5 cm³/mol. The summed E-state index contributed by atoms with van der Waals surface area (Å²) in [6.45, 7) is 2.59. The lowest BCUT2D eigenvalue weighted by molar-refractivity contribution is -0.148. The van der Waals surface area contributed by atoms with Crippen molar-refractivity contribution in [3.63, 3.8) is 0 Å². The van der Waals surface area contributed by atoms with Crippen LogP contribution in [0.1, 0.15) is 26.2 Å². The molecule has 1 nitrogen and oxygen atoms in total. The third-order valence-electron chi connectivity index (χ3n) is 2.69. The first-order chi connectivity index (χ1) is 6.01. The van der Waals surface area contributed by atoms with Gasteiger partial charge in [-0.25, -0.2) is 0 Å². The normalized spacial score (nSPS) is 22.2. The van der Waals surface area contributed by atoms with E-state index in [1.165, 1.54) is 4.90 Å². The molecule has 0 aromatic heterocycles. The highest BCUT2D eigenvalue weighted by Gasteiger charge is 2.32. The Bertz CT molecular complexity index is 147. The summed E-state index contributed by atoms with van der Waals surface area (Å²) in [6, 6.07) is 0. The Morgan fingerprint density at radius 1 is 1.23 bits per heavy atom. The van der Waals surface area contributed by atoms with Gasteiger partial charge in [0.1, 0.15) is 0 Å². The van der Waals surface area contributed by atoms with Crippen LogP contribution in [0.25, 0.3) is 0 Å². The van der Waals surface area contributed by atoms with Gasteiger partial charge in [0.05, 0.1) is 6.54 Å². The van der Waals surface area contributed by atoms with E-state index in [-0.39, 0.29) is 0 Å². The number of hydrogen-bond acceptors (Lipinski definition) is 1. The Morgan fingerprint density at radius 3 is 2.15 bits per heavy atom. The first-order valence-electron chi connectivity index (χ1n) is 4.80.